The highest BCUT2D eigenvalue weighted by molar-refractivity contribution is 8.00. The van der Waals surface area contributed by atoms with Gasteiger partial charge in [0.1, 0.15) is 5.82 Å². The summed E-state index contributed by atoms with van der Waals surface area (Å²) in [6.07, 6.45) is -3.44. The van der Waals surface area contributed by atoms with Crippen molar-refractivity contribution < 1.29 is 18.3 Å². The molecule has 1 aromatic rings. The Morgan fingerprint density at radius 3 is 2.79 bits per heavy atom. The molecule has 19 heavy (non-hydrogen) atoms. The minimum atomic E-state index is -4.43. The van der Waals surface area contributed by atoms with Gasteiger partial charge < -0.3 is 10.8 Å². The molecule has 5 nitrogen and oxygen atoms in total. The van der Waals surface area contributed by atoms with Crippen molar-refractivity contribution in [3.05, 3.63) is 22.7 Å². The van der Waals surface area contributed by atoms with Gasteiger partial charge in [0.15, 0.2) is 0 Å². The van der Waals surface area contributed by atoms with E-state index in [0.717, 1.165) is 16.3 Å². The lowest BCUT2D eigenvalue weighted by Gasteiger charge is -2.22. The molecule has 0 unspecified atom stereocenters. The Bertz CT molecular complexity index is 519. The van der Waals surface area contributed by atoms with Gasteiger partial charge in [0, 0.05) is 11.4 Å². The van der Waals surface area contributed by atoms with Gasteiger partial charge >= 0.3 is 11.9 Å². The van der Waals surface area contributed by atoms with Gasteiger partial charge in [-0.05, 0) is 12.5 Å². The van der Waals surface area contributed by atoms with Crippen LogP contribution in [0.2, 0.25) is 0 Å². The summed E-state index contributed by atoms with van der Waals surface area (Å²) in [4.78, 5) is 15.1. The molecule has 1 aromatic heterocycles. The molecule has 1 saturated heterocycles. The lowest BCUT2D eigenvalue weighted by Crippen LogP contribution is -2.33. The summed E-state index contributed by atoms with van der Waals surface area (Å²) in [6.45, 7) is -0.356. The molecule has 0 aliphatic carbocycles. The average molecular weight is 295 g/mol. The van der Waals surface area contributed by atoms with Gasteiger partial charge in [0.2, 0.25) is 0 Å². The van der Waals surface area contributed by atoms with Gasteiger partial charge in [-0.15, -0.1) is 11.8 Å². The first-order valence-electron chi connectivity index (χ1n) is 5.50. The Morgan fingerprint density at radius 1 is 1.58 bits per heavy atom. The number of nitrogen functional groups attached to an aromatic ring is 1. The first kappa shape index (κ1) is 14.2. The van der Waals surface area contributed by atoms with Crippen LogP contribution in [0.15, 0.2) is 17.1 Å². The second-order valence-corrected chi connectivity index (χ2v) is 5.68. The first-order valence-corrected chi connectivity index (χ1v) is 6.45. The first-order chi connectivity index (χ1) is 8.82. The summed E-state index contributed by atoms with van der Waals surface area (Å²) >= 11 is 0.931. The largest absolute Gasteiger partial charge is 0.395 e. The van der Waals surface area contributed by atoms with E-state index in [0.29, 0.717) is 0 Å². The van der Waals surface area contributed by atoms with E-state index in [1.54, 1.807) is 0 Å². The molecule has 106 valence electrons. The lowest BCUT2D eigenvalue weighted by atomic mass is 10.0. The minimum Gasteiger partial charge on any atom is -0.395 e. The van der Waals surface area contributed by atoms with E-state index in [4.69, 9.17) is 10.8 Å². The van der Waals surface area contributed by atoms with E-state index in [9.17, 15) is 18.0 Å². The molecule has 0 radical (unpaired) electrons. The number of aliphatic hydroxyl groups is 1. The Morgan fingerprint density at radius 2 is 2.26 bits per heavy atom. The highest BCUT2D eigenvalue weighted by Gasteiger charge is 2.51. The second-order valence-electron chi connectivity index (χ2n) is 4.26. The molecule has 0 bridgehead atoms. The van der Waals surface area contributed by atoms with Crippen LogP contribution in [-0.4, -0.2) is 32.7 Å². The molecule has 0 saturated carbocycles. The molecule has 2 heterocycles. The summed E-state index contributed by atoms with van der Waals surface area (Å²) in [5.74, 6) is -1.72. The van der Waals surface area contributed by atoms with Crippen LogP contribution in [0.3, 0.4) is 0 Å². The monoisotopic (exact) mass is 295 g/mol. The third-order valence-electron chi connectivity index (χ3n) is 2.94. The summed E-state index contributed by atoms with van der Waals surface area (Å²) < 4.78 is 39.8. The van der Waals surface area contributed by atoms with Crippen LogP contribution in [0.25, 0.3) is 0 Å². The number of nitrogens with two attached hydrogens (primary N) is 1. The predicted octanol–water partition coefficient (Wildman–Crippen LogP) is 1.00. The average Bonchev–Trinajstić information content (AvgIpc) is 2.72. The van der Waals surface area contributed by atoms with Crippen molar-refractivity contribution in [2.24, 2.45) is 5.92 Å². The molecule has 0 aromatic carbocycles. The molecular formula is C10H12F3N3O2S. The van der Waals surface area contributed by atoms with Crippen LogP contribution in [0.1, 0.15) is 11.8 Å². The second kappa shape index (κ2) is 5.04. The standard InChI is InChI=1S/C10H12F3N3O2S/c11-10(12,13)6-3-5(4-17)19-8(6)16-2-1-7(14)15-9(16)18/h1-2,5-6,8,17H,3-4H2,(H2,14,15,18)/t5-,6-,8-/m1/s1. The van der Waals surface area contributed by atoms with Crippen molar-refractivity contribution >= 4 is 17.6 Å². The fraction of sp³-hybridized carbons (Fsp3) is 0.600. The summed E-state index contributed by atoms with van der Waals surface area (Å²) in [5, 5.41) is 7.36. The van der Waals surface area contributed by atoms with Crippen molar-refractivity contribution in [1.82, 2.24) is 9.55 Å². The maximum atomic E-state index is 13.0. The van der Waals surface area contributed by atoms with E-state index in [2.05, 4.69) is 4.98 Å². The molecule has 3 N–H and O–H groups in total. The van der Waals surface area contributed by atoms with Crippen LogP contribution < -0.4 is 11.4 Å². The Hall–Kier alpha value is -1.22. The maximum absolute atomic E-state index is 13.0. The number of alkyl halides is 3. The topological polar surface area (TPSA) is 81.1 Å². The van der Waals surface area contributed by atoms with Crippen LogP contribution in [0.5, 0.6) is 0 Å². The highest BCUT2D eigenvalue weighted by Crippen LogP contribution is 2.51. The SMILES string of the molecule is Nc1ccn([C@@H]2S[C@@H](CO)C[C@H]2C(F)(F)F)c(=O)n1. The summed E-state index contributed by atoms with van der Waals surface area (Å²) in [6, 6.07) is 1.28. The van der Waals surface area contributed by atoms with E-state index in [1.807, 2.05) is 0 Å². The van der Waals surface area contributed by atoms with Crippen LogP contribution in [0.4, 0.5) is 19.0 Å². The van der Waals surface area contributed by atoms with Crippen molar-refractivity contribution in [3.8, 4) is 0 Å². The van der Waals surface area contributed by atoms with Crippen molar-refractivity contribution in [3.63, 3.8) is 0 Å². The quantitative estimate of drug-likeness (QED) is 0.850. The molecule has 9 heteroatoms. The number of halogens is 3. The molecule has 0 amide bonds. The fourth-order valence-corrected chi connectivity index (χ4v) is 3.58. The molecule has 1 fully saturated rings. The zero-order chi connectivity index (χ0) is 14.2. The number of hydrogen-bond acceptors (Lipinski definition) is 5. The van der Waals surface area contributed by atoms with Gasteiger partial charge in [0.25, 0.3) is 0 Å². The Labute approximate surface area is 110 Å². The lowest BCUT2D eigenvalue weighted by molar-refractivity contribution is -0.178. The van der Waals surface area contributed by atoms with Crippen LogP contribution in [-0.2, 0) is 0 Å². The number of aromatic nitrogens is 2. The molecule has 1 aliphatic heterocycles. The van der Waals surface area contributed by atoms with E-state index < -0.39 is 28.4 Å². The van der Waals surface area contributed by atoms with Gasteiger partial charge in [-0.3, -0.25) is 4.57 Å². The van der Waals surface area contributed by atoms with Crippen molar-refractivity contribution in [2.45, 2.75) is 23.2 Å². The predicted molar refractivity (Wildman–Crippen MR) is 64.6 cm³/mol. The highest BCUT2D eigenvalue weighted by atomic mass is 32.2. The maximum Gasteiger partial charge on any atom is 0.394 e. The minimum absolute atomic E-state index is 0.0356. The Balaban J connectivity index is 2.38. The zero-order valence-electron chi connectivity index (χ0n) is 9.67. The summed E-state index contributed by atoms with van der Waals surface area (Å²) in [7, 11) is 0. The van der Waals surface area contributed by atoms with Gasteiger partial charge in [-0.25, -0.2) is 4.79 Å². The van der Waals surface area contributed by atoms with E-state index >= 15 is 0 Å². The third-order valence-corrected chi connectivity index (χ3v) is 4.50. The number of rotatable bonds is 2. The van der Waals surface area contributed by atoms with Crippen LogP contribution >= 0.6 is 11.8 Å². The van der Waals surface area contributed by atoms with Gasteiger partial charge in [-0.1, -0.05) is 0 Å². The number of thioether (sulfide) groups is 1. The van der Waals surface area contributed by atoms with Crippen LogP contribution in [0, 0.1) is 5.92 Å². The molecule has 1 aliphatic rings. The molecule has 0 spiro atoms. The third kappa shape index (κ3) is 2.86. The van der Waals surface area contributed by atoms with E-state index in [-0.39, 0.29) is 18.8 Å². The van der Waals surface area contributed by atoms with Crippen molar-refractivity contribution in [1.29, 1.82) is 0 Å². The number of hydrogen-bond donors (Lipinski definition) is 2. The molecular weight excluding hydrogens is 283 g/mol. The molecule has 2 rings (SSSR count). The number of anilines is 1. The van der Waals surface area contributed by atoms with Crippen molar-refractivity contribution in [2.75, 3.05) is 12.3 Å². The summed E-state index contributed by atoms with van der Waals surface area (Å²) in [5.41, 5.74) is 4.49. The fourth-order valence-electron chi connectivity index (χ4n) is 2.04. The normalized spacial score (nSPS) is 27.7. The smallest absolute Gasteiger partial charge is 0.394 e. The number of nitrogens with zero attached hydrogens (tertiary/aromatic N) is 2. The number of aliphatic hydroxyl groups excluding tert-OH is 1. The van der Waals surface area contributed by atoms with E-state index in [1.165, 1.54) is 12.3 Å². The van der Waals surface area contributed by atoms with Gasteiger partial charge in [-0.2, -0.15) is 18.2 Å². The van der Waals surface area contributed by atoms with Gasteiger partial charge in [0.05, 0.1) is 17.9 Å². The molecule has 3 atom stereocenters. The Kier molecular flexibility index (Phi) is 3.77. The zero-order valence-corrected chi connectivity index (χ0v) is 10.5.